The van der Waals surface area contributed by atoms with E-state index in [2.05, 4.69) is 77.1 Å². The third kappa shape index (κ3) is 13.0. The highest BCUT2D eigenvalue weighted by Gasteiger charge is 2.14. The van der Waals surface area contributed by atoms with E-state index in [0.29, 0.717) is 12.1 Å². The number of hydrogen-bond donors (Lipinski definition) is 4. The second-order valence-electron chi connectivity index (χ2n) is 12.0. The molecule has 1 heterocycles. The summed E-state index contributed by atoms with van der Waals surface area (Å²) in [6, 6.07) is 13.6. The summed E-state index contributed by atoms with van der Waals surface area (Å²) in [6.45, 7) is 11.8. The molecule has 0 aromatic heterocycles. The SMILES string of the molecule is CCNc1cc(-c2ccc(CN3CCOCC3)cc2)cc(C=O)c1C.CN(C)C1CCCCC1.CNC/C(C(N)=O)=C(\C)NC. The number of allylic oxidation sites excluding steroid dienone is 1. The molecule has 250 valence electrons. The second-order valence-corrected chi connectivity index (χ2v) is 12.0. The number of carbonyl (C=O) groups is 2. The zero-order valence-electron chi connectivity index (χ0n) is 28.8. The summed E-state index contributed by atoms with van der Waals surface area (Å²) in [6.07, 6.45) is 8.14. The summed E-state index contributed by atoms with van der Waals surface area (Å²) in [5.41, 5.74) is 12.8. The zero-order chi connectivity index (χ0) is 33.2. The highest BCUT2D eigenvalue weighted by atomic mass is 16.5. The van der Waals surface area contributed by atoms with Gasteiger partial charge in [0.1, 0.15) is 6.29 Å². The van der Waals surface area contributed by atoms with Gasteiger partial charge in [-0.05, 0) is 89.1 Å². The third-order valence-corrected chi connectivity index (χ3v) is 8.52. The number of nitrogens with one attached hydrogen (secondary N) is 3. The lowest BCUT2D eigenvalue weighted by Gasteiger charge is -2.27. The highest BCUT2D eigenvalue weighted by molar-refractivity contribution is 5.93. The van der Waals surface area contributed by atoms with Crippen LogP contribution in [0.4, 0.5) is 5.69 Å². The number of ether oxygens (including phenoxy) is 1. The third-order valence-electron chi connectivity index (χ3n) is 8.52. The van der Waals surface area contributed by atoms with Crippen LogP contribution in [0, 0.1) is 6.92 Å². The summed E-state index contributed by atoms with van der Waals surface area (Å²) < 4.78 is 5.40. The van der Waals surface area contributed by atoms with Crippen molar-refractivity contribution in [1.29, 1.82) is 0 Å². The molecule has 4 rings (SSSR count). The van der Waals surface area contributed by atoms with Crippen LogP contribution in [0.15, 0.2) is 47.7 Å². The van der Waals surface area contributed by atoms with Crippen molar-refractivity contribution in [1.82, 2.24) is 20.4 Å². The molecule has 1 amide bonds. The fourth-order valence-corrected chi connectivity index (χ4v) is 5.55. The number of rotatable bonds is 11. The van der Waals surface area contributed by atoms with Crippen molar-refractivity contribution in [3.8, 4) is 11.1 Å². The molecular formula is C36H58N6O3. The number of aldehydes is 1. The first-order chi connectivity index (χ1) is 21.6. The predicted octanol–water partition coefficient (Wildman–Crippen LogP) is 4.80. The normalized spacial score (nSPS) is 16.0. The van der Waals surface area contributed by atoms with Gasteiger partial charge in [-0.25, -0.2) is 0 Å². The van der Waals surface area contributed by atoms with Crippen LogP contribution in [0.5, 0.6) is 0 Å². The van der Waals surface area contributed by atoms with Gasteiger partial charge >= 0.3 is 0 Å². The van der Waals surface area contributed by atoms with Crippen molar-refractivity contribution < 1.29 is 14.3 Å². The number of hydrogen-bond acceptors (Lipinski definition) is 8. The van der Waals surface area contributed by atoms with Gasteiger partial charge in [0.15, 0.2) is 0 Å². The molecule has 2 fully saturated rings. The Hall–Kier alpha value is -3.24. The second kappa shape index (κ2) is 20.7. The molecule has 0 spiro atoms. The average Bonchev–Trinajstić information content (AvgIpc) is 3.06. The minimum Gasteiger partial charge on any atom is -0.391 e. The van der Waals surface area contributed by atoms with Crippen LogP contribution in [0.25, 0.3) is 11.1 Å². The first-order valence-corrected chi connectivity index (χ1v) is 16.4. The molecule has 1 saturated heterocycles. The van der Waals surface area contributed by atoms with Crippen molar-refractivity contribution in [2.24, 2.45) is 5.73 Å². The molecule has 1 aliphatic heterocycles. The molecule has 2 aromatic carbocycles. The molecule has 0 atom stereocenters. The minimum atomic E-state index is -0.383. The van der Waals surface area contributed by atoms with E-state index in [1.165, 1.54) is 37.7 Å². The lowest BCUT2D eigenvalue weighted by molar-refractivity contribution is -0.114. The van der Waals surface area contributed by atoms with Crippen LogP contribution >= 0.6 is 0 Å². The van der Waals surface area contributed by atoms with E-state index in [4.69, 9.17) is 10.5 Å². The first-order valence-electron chi connectivity index (χ1n) is 16.4. The molecule has 0 radical (unpaired) electrons. The van der Waals surface area contributed by atoms with E-state index >= 15 is 0 Å². The number of morpholine rings is 1. The Labute approximate surface area is 272 Å². The summed E-state index contributed by atoms with van der Waals surface area (Å²) in [5.74, 6) is -0.383. The number of likely N-dealkylation sites (N-methyl/N-ethyl adjacent to an activating group) is 1. The Morgan fingerprint density at radius 3 is 2.18 bits per heavy atom. The van der Waals surface area contributed by atoms with Crippen molar-refractivity contribution in [2.75, 3.05) is 72.9 Å². The maximum Gasteiger partial charge on any atom is 0.247 e. The average molecular weight is 623 g/mol. The minimum absolute atomic E-state index is 0.383. The van der Waals surface area contributed by atoms with Crippen LogP contribution in [-0.4, -0.2) is 95.6 Å². The summed E-state index contributed by atoms with van der Waals surface area (Å²) >= 11 is 0. The standard InChI is InChI=1S/C21H26N2O2.C8H17N.C7H15N3O/c1-3-22-21-13-19(12-20(15-24)16(21)2)18-6-4-17(5-7-18)14-23-8-10-25-11-9-23;1-9(2)8-6-4-3-5-7-8;1-5(10-3)6(4-9-2)7(8)11/h4-7,12-13,15,22H,3,8-11,14H2,1-2H3;8H,3-7H2,1-2H3;9-10H,4H2,1-3H3,(H2,8,11)/b;;6-5-. The van der Waals surface area contributed by atoms with Crippen LogP contribution in [-0.2, 0) is 16.1 Å². The van der Waals surface area contributed by atoms with Crippen LogP contribution in [0.3, 0.4) is 0 Å². The largest absolute Gasteiger partial charge is 0.391 e. The summed E-state index contributed by atoms with van der Waals surface area (Å²) in [7, 11) is 7.91. The van der Waals surface area contributed by atoms with E-state index in [1.807, 2.05) is 19.9 Å². The van der Waals surface area contributed by atoms with Gasteiger partial charge in [0.2, 0.25) is 5.91 Å². The molecule has 0 bridgehead atoms. The fourth-order valence-electron chi connectivity index (χ4n) is 5.55. The molecular weight excluding hydrogens is 564 g/mol. The Morgan fingerprint density at radius 1 is 1.04 bits per heavy atom. The lowest BCUT2D eigenvalue weighted by atomic mass is 9.95. The van der Waals surface area contributed by atoms with Gasteiger partial charge in [0.05, 0.1) is 13.2 Å². The van der Waals surface area contributed by atoms with Crippen LogP contribution in [0.1, 0.15) is 67.4 Å². The highest BCUT2D eigenvalue weighted by Crippen LogP contribution is 2.28. The number of benzene rings is 2. The van der Waals surface area contributed by atoms with Crippen molar-refractivity contribution in [3.05, 3.63) is 64.4 Å². The topological polar surface area (TPSA) is 112 Å². The summed E-state index contributed by atoms with van der Waals surface area (Å²) in [4.78, 5) is 26.9. The molecule has 9 heteroatoms. The first kappa shape index (κ1) is 37.9. The van der Waals surface area contributed by atoms with Gasteiger partial charge in [-0.3, -0.25) is 14.5 Å². The van der Waals surface area contributed by atoms with Gasteiger partial charge in [0, 0.05) is 68.3 Å². The Balaban J connectivity index is 0.000000290. The molecule has 1 saturated carbocycles. The number of primary amides is 1. The Morgan fingerprint density at radius 2 is 1.69 bits per heavy atom. The van der Waals surface area contributed by atoms with Crippen molar-refractivity contribution >= 4 is 17.9 Å². The molecule has 1 aliphatic carbocycles. The van der Waals surface area contributed by atoms with Gasteiger partial charge in [-0.1, -0.05) is 43.5 Å². The van der Waals surface area contributed by atoms with Gasteiger partial charge in [0.25, 0.3) is 0 Å². The molecule has 9 nitrogen and oxygen atoms in total. The summed E-state index contributed by atoms with van der Waals surface area (Å²) in [5, 5.41) is 9.08. The van der Waals surface area contributed by atoms with Crippen molar-refractivity contribution in [2.45, 2.75) is 65.5 Å². The Bertz CT molecular complexity index is 1200. The maximum absolute atomic E-state index is 11.4. The van der Waals surface area contributed by atoms with E-state index in [9.17, 15) is 9.59 Å². The maximum atomic E-state index is 11.4. The molecule has 2 aromatic rings. The monoisotopic (exact) mass is 622 g/mol. The van der Waals surface area contributed by atoms with Crippen LogP contribution in [0.2, 0.25) is 0 Å². The quantitative estimate of drug-likeness (QED) is 0.209. The molecule has 0 unspecified atom stereocenters. The number of carbonyl (C=O) groups excluding carboxylic acids is 2. The van der Waals surface area contributed by atoms with Gasteiger partial charge in [-0.15, -0.1) is 0 Å². The van der Waals surface area contributed by atoms with E-state index < -0.39 is 0 Å². The van der Waals surface area contributed by atoms with E-state index in [0.717, 1.165) is 85.4 Å². The smallest absolute Gasteiger partial charge is 0.247 e. The number of nitrogens with two attached hydrogens (primary N) is 1. The van der Waals surface area contributed by atoms with E-state index in [1.54, 1.807) is 14.1 Å². The Kier molecular flexibility index (Phi) is 17.5. The number of anilines is 1. The van der Waals surface area contributed by atoms with Crippen LogP contribution < -0.4 is 21.7 Å². The lowest BCUT2D eigenvalue weighted by Crippen LogP contribution is -2.35. The van der Waals surface area contributed by atoms with Crippen molar-refractivity contribution in [3.63, 3.8) is 0 Å². The predicted molar refractivity (Wildman–Crippen MR) is 188 cm³/mol. The number of amides is 1. The molecule has 45 heavy (non-hydrogen) atoms. The zero-order valence-corrected chi connectivity index (χ0v) is 28.8. The van der Waals surface area contributed by atoms with E-state index in [-0.39, 0.29) is 5.91 Å². The van der Waals surface area contributed by atoms with Gasteiger partial charge in [-0.2, -0.15) is 0 Å². The number of nitrogens with zero attached hydrogens (tertiary/aromatic N) is 2. The molecule has 5 N–H and O–H groups in total. The molecule has 2 aliphatic rings. The fraction of sp³-hybridized carbons (Fsp3) is 0.556. The van der Waals surface area contributed by atoms with Gasteiger partial charge < -0.3 is 31.3 Å².